The third-order valence-electron chi connectivity index (χ3n) is 8.36. The van der Waals surface area contributed by atoms with Gasteiger partial charge in [-0.1, -0.05) is 66.6 Å². The molecule has 5 nitrogen and oxygen atoms in total. The lowest BCUT2D eigenvalue weighted by Gasteiger charge is -2.43. The van der Waals surface area contributed by atoms with Crippen LogP contribution in [-0.4, -0.2) is 53.5 Å². The maximum absolute atomic E-state index is 14.3. The number of nitrogens with zero attached hydrogens (tertiary/aromatic N) is 2. The van der Waals surface area contributed by atoms with Crippen molar-refractivity contribution in [2.24, 2.45) is 5.41 Å². The summed E-state index contributed by atoms with van der Waals surface area (Å²) in [7, 11) is 0. The van der Waals surface area contributed by atoms with Gasteiger partial charge in [0.05, 0.1) is 17.5 Å². The molecule has 0 aliphatic carbocycles. The highest BCUT2D eigenvalue weighted by Crippen LogP contribution is 2.40. The molecule has 0 unspecified atom stereocenters. The molecule has 2 atom stereocenters. The van der Waals surface area contributed by atoms with E-state index in [0.29, 0.717) is 26.2 Å². The number of carbonyl (C=O) groups excluding carboxylic acids is 2. The van der Waals surface area contributed by atoms with E-state index in [9.17, 15) is 9.59 Å². The Morgan fingerprint density at radius 3 is 2.51 bits per heavy atom. The summed E-state index contributed by atoms with van der Waals surface area (Å²) < 4.78 is 5.70. The molecular weight excluding hydrogens is 436 g/mol. The minimum atomic E-state index is -0.414. The van der Waals surface area contributed by atoms with E-state index in [4.69, 9.17) is 4.74 Å². The third-order valence-corrected chi connectivity index (χ3v) is 8.36. The molecule has 0 aromatic heterocycles. The van der Waals surface area contributed by atoms with Crippen molar-refractivity contribution in [3.8, 4) is 0 Å². The molecule has 3 aliphatic rings. The lowest BCUT2D eigenvalue weighted by Crippen LogP contribution is -2.54. The number of carbonyl (C=O) groups is 2. The fourth-order valence-electron chi connectivity index (χ4n) is 6.49. The largest absolute Gasteiger partial charge is 0.381 e. The lowest BCUT2D eigenvalue weighted by molar-refractivity contribution is -0.151. The minimum absolute atomic E-state index is 0.0980. The first kappa shape index (κ1) is 24.1. The standard InChI is InChI=1S/C30H38N2O3/c1-23-8-7-11-25(20-23)22-32-27-14-17-31(26(27)12-5-6-13-28(32)33)29(34)30(15-18-35-19-16-30)21-24-9-3-2-4-10-24/h2-4,7-11,20,26-27H,5-6,12-19,21-22H2,1H3/t26-,27+/m0/s1. The molecule has 35 heavy (non-hydrogen) atoms. The van der Waals surface area contributed by atoms with E-state index >= 15 is 0 Å². The summed E-state index contributed by atoms with van der Waals surface area (Å²) in [5.74, 6) is 0.515. The summed E-state index contributed by atoms with van der Waals surface area (Å²) in [6, 6.07) is 19.1. The number of rotatable bonds is 5. The van der Waals surface area contributed by atoms with Crippen molar-refractivity contribution in [3.05, 3.63) is 71.3 Å². The molecule has 186 valence electrons. The number of hydrogen-bond donors (Lipinski definition) is 0. The molecule has 0 radical (unpaired) electrons. The quantitative estimate of drug-likeness (QED) is 0.619. The first-order chi connectivity index (χ1) is 17.1. The maximum Gasteiger partial charge on any atom is 0.229 e. The van der Waals surface area contributed by atoms with Crippen LogP contribution in [0.1, 0.15) is 61.6 Å². The average Bonchev–Trinajstić information content (AvgIpc) is 3.27. The Morgan fingerprint density at radius 2 is 1.74 bits per heavy atom. The zero-order valence-electron chi connectivity index (χ0n) is 21.0. The van der Waals surface area contributed by atoms with E-state index in [-0.39, 0.29) is 23.9 Å². The fraction of sp³-hybridized carbons (Fsp3) is 0.533. The van der Waals surface area contributed by atoms with E-state index in [0.717, 1.165) is 51.5 Å². The fourth-order valence-corrected chi connectivity index (χ4v) is 6.49. The van der Waals surface area contributed by atoms with Crippen LogP contribution in [0.25, 0.3) is 0 Å². The van der Waals surface area contributed by atoms with Crippen molar-refractivity contribution in [1.29, 1.82) is 0 Å². The number of ether oxygens (including phenoxy) is 1. The normalized spacial score (nSPS) is 24.5. The SMILES string of the molecule is Cc1cccc(CN2C(=O)CCCC[C@H]3[C@H]2CCN3C(=O)C2(Cc3ccccc3)CCOCC2)c1. The monoisotopic (exact) mass is 474 g/mol. The first-order valence-electron chi connectivity index (χ1n) is 13.3. The van der Waals surface area contributed by atoms with Crippen LogP contribution in [-0.2, 0) is 27.3 Å². The summed E-state index contributed by atoms with van der Waals surface area (Å²) in [5.41, 5.74) is 3.19. The van der Waals surface area contributed by atoms with Crippen LogP contribution in [0.15, 0.2) is 54.6 Å². The van der Waals surface area contributed by atoms with Crippen LogP contribution in [0.4, 0.5) is 0 Å². The van der Waals surface area contributed by atoms with Crippen LogP contribution in [0.2, 0.25) is 0 Å². The van der Waals surface area contributed by atoms with Gasteiger partial charge in [-0.3, -0.25) is 9.59 Å². The van der Waals surface area contributed by atoms with E-state index in [2.05, 4.69) is 65.3 Å². The summed E-state index contributed by atoms with van der Waals surface area (Å²) >= 11 is 0. The Balaban J connectivity index is 1.41. The van der Waals surface area contributed by atoms with Crippen molar-refractivity contribution >= 4 is 11.8 Å². The second kappa shape index (κ2) is 10.5. The van der Waals surface area contributed by atoms with Gasteiger partial charge in [-0.2, -0.15) is 0 Å². The molecule has 3 heterocycles. The smallest absolute Gasteiger partial charge is 0.229 e. The highest BCUT2D eigenvalue weighted by atomic mass is 16.5. The summed E-state index contributed by atoms with van der Waals surface area (Å²) in [4.78, 5) is 31.9. The van der Waals surface area contributed by atoms with E-state index in [1.165, 1.54) is 16.7 Å². The Labute approximate surface area is 209 Å². The average molecular weight is 475 g/mol. The number of fused-ring (bicyclic) bond motifs is 1. The van der Waals surface area contributed by atoms with Crippen molar-refractivity contribution in [2.75, 3.05) is 19.8 Å². The van der Waals surface area contributed by atoms with Crippen molar-refractivity contribution in [2.45, 2.75) is 76.9 Å². The van der Waals surface area contributed by atoms with Crippen LogP contribution in [0, 0.1) is 12.3 Å². The van der Waals surface area contributed by atoms with Gasteiger partial charge in [-0.05, 0) is 56.6 Å². The molecule has 3 aliphatic heterocycles. The van der Waals surface area contributed by atoms with Gasteiger partial charge in [-0.25, -0.2) is 0 Å². The zero-order valence-corrected chi connectivity index (χ0v) is 21.0. The third kappa shape index (κ3) is 5.16. The van der Waals surface area contributed by atoms with Crippen LogP contribution >= 0.6 is 0 Å². The molecule has 3 fully saturated rings. The molecule has 2 aromatic carbocycles. The Bertz CT molecular complexity index is 1030. The highest BCUT2D eigenvalue weighted by Gasteiger charge is 2.49. The number of benzene rings is 2. The van der Waals surface area contributed by atoms with Gasteiger partial charge in [-0.15, -0.1) is 0 Å². The number of aryl methyl sites for hydroxylation is 1. The van der Waals surface area contributed by atoms with Gasteiger partial charge in [0.15, 0.2) is 0 Å². The lowest BCUT2D eigenvalue weighted by atomic mass is 9.73. The van der Waals surface area contributed by atoms with Gasteiger partial charge < -0.3 is 14.5 Å². The molecule has 2 aromatic rings. The van der Waals surface area contributed by atoms with E-state index in [1.807, 2.05) is 6.07 Å². The molecule has 2 amide bonds. The van der Waals surface area contributed by atoms with Gasteiger partial charge in [0, 0.05) is 32.7 Å². The molecule has 5 rings (SSSR count). The first-order valence-corrected chi connectivity index (χ1v) is 13.3. The van der Waals surface area contributed by atoms with Gasteiger partial charge >= 0.3 is 0 Å². The molecular formula is C30H38N2O3. The molecule has 0 saturated carbocycles. The maximum atomic E-state index is 14.3. The van der Waals surface area contributed by atoms with Gasteiger partial charge in [0.2, 0.25) is 11.8 Å². The van der Waals surface area contributed by atoms with Crippen molar-refractivity contribution in [3.63, 3.8) is 0 Å². The molecule has 0 N–H and O–H groups in total. The predicted molar refractivity (Wildman–Crippen MR) is 137 cm³/mol. The predicted octanol–water partition coefficient (Wildman–Crippen LogP) is 4.91. The molecule has 5 heteroatoms. The number of amides is 2. The minimum Gasteiger partial charge on any atom is -0.381 e. The Morgan fingerprint density at radius 1 is 0.971 bits per heavy atom. The van der Waals surface area contributed by atoms with Gasteiger partial charge in [0.25, 0.3) is 0 Å². The van der Waals surface area contributed by atoms with E-state index in [1.54, 1.807) is 0 Å². The summed E-state index contributed by atoms with van der Waals surface area (Å²) in [5, 5.41) is 0. The molecule has 0 bridgehead atoms. The topological polar surface area (TPSA) is 49.9 Å². The number of hydrogen-bond acceptors (Lipinski definition) is 3. The zero-order chi connectivity index (χ0) is 24.3. The number of likely N-dealkylation sites (tertiary alicyclic amines) is 2. The van der Waals surface area contributed by atoms with Crippen LogP contribution < -0.4 is 0 Å². The van der Waals surface area contributed by atoms with Crippen molar-refractivity contribution in [1.82, 2.24) is 9.80 Å². The Kier molecular flexibility index (Phi) is 7.24. The molecule has 0 spiro atoms. The Hall–Kier alpha value is -2.66. The van der Waals surface area contributed by atoms with Gasteiger partial charge in [0.1, 0.15) is 0 Å². The van der Waals surface area contributed by atoms with Crippen LogP contribution in [0.3, 0.4) is 0 Å². The van der Waals surface area contributed by atoms with Crippen molar-refractivity contribution < 1.29 is 14.3 Å². The summed E-state index contributed by atoms with van der Waals surface area (Å²) in [6.45, 7) is 4.74. The summed E-state index contributed by atoms with van der Waals surface area (Å²) in [6.07, 6.45) is 6.65. The van der Waals surface area contributed by atoms with Crippen LogP contribution in [0.5, 0.6) is 0 Å². The second-order valence-corrected chi connectivity index (χ2v) is 10.7. The highest BCUT2D eigenvalue weighted by molar-refractivity contribution is 5.84. The van der Waals surface area contributed by atoms with E-state index < -0.39 is 5.41 Å². The molecule has 3 saturated heterocycles. The second-order valence-electron chi connectivity index (χ2n) is 10.7.